The van der Waals surface area contributed by atoms with Crippen molar-refractivity contribution >= 4 is 17.9 Å². The molecule has 0 aromatic heterocycles. The number of sulfonamides is 1. The molecule has 0 unspecified atom stereocenters. The van der Waals surface area contributed by atoms with Gasteiger partial charge in [-0.05, 0) is 30.7 Å². The monoisotopic (exact) mass is 355 g/mol. The Morgan fingerprint density at radius 1 is 1.16 bits per heavy atom. The van der Waals surface area contributed by atoms with Gasteiger partial charge in [-0.25, -0.2) is 12.8 Å². The first-order chi connectivity index (χ1) is 11.8. The van der Waals surface area contributed by atoms with Crippen LogP contribution in [0.4, 0.5) is 4.39 Å². The van der Waals surface area contributed by atoms with Crippen molar-refractivity contribution in [1.82, 2.24) is 4.31 Å². The molecule has 2 atom stereocenters. The van der Waals surface area contributed by atoms with E-state index in [4.69, 9.17) is 7.85 Å². The zero-order chi connectivity index (χ0) is 18.2. The van der Waals surface area contributed by atoms with Gasteiger partial charge in [0.1, 0.15) is 5.82 Å². The first-order valence-corrected chi connectivity index (χ1v) is 9.49. The normalized spacial score (nSPS) is 22.1. The molecule has 3 rings (SSSR count). The molecule has 2 aromatic rings. The van der Waals surface area contributed by atoms with Crippen molar-refractivity contribution in [3.63, 3.8) is 0 Å². The highest BCUT2D eigenvalue weighted by Gasteiger charge is 2.36. The molecule has 0 saturated carbocycles. The van der Waals surface area contributed by atoms with Gasteiger partial charge in [-0.3, -0.25) is 0 Å². The van der Waals surface area contributed by atoms with E-state index in [1.165, 1.54) is 10.4 Å². The number of hydrogen-bond donors (Lipinski definition) is 0. The third kappa shape index (κ3) is 3.41. The van der Waals surface area contributed by atoms with Gasteiger partial charge in [-0.2, -0.15) is 4.31 Å². The third-order valence-corrected chi connectivity index (χ3v) is 6.39. The fraction of sp³-hybridized carbons (Fsp3) is 0.263. The number of aryl methyl sites for hydroxylation is 1. The summed E-state index contributed by atoms with van der Waals surface area (Å²) in [7, 11) is 2.56. The van der Waals surface area contributed by atoms with E-state index in [1.54, 1.807) is 42.5 Å². The Kier molecular flexibility index (Phi) is 4.84. The third-order valence-electron chi connectivity index (χ3n) is 4.56. The van der Waals surface area contributed by atoms with Gasteiger partial charge in [-0.15, -0.1) is 0 Å². The number of halogens is 1. The lowest BCUT2D eigenvalue weighted by Gasteiger charge is -2.38. The molecule has 2 aromatic carbocycles. The smallest absolute Gasteiger partial charge is 0.207 e. The Balaban J connectivity index is 1.88. The van der Waals surface area contributed by atoms with Gasteiger partial charge in [0, 0.05) is 19.0 Å². The van der Waals surface area contributed by atoms with Crippen LogP contribution in [-0.4, -0.2) is 33.7 Å². The molecule has 1 saturated heterocycles. The second-order valence-corrected chi connectivity index (χ2v) is 8.37. The predicted octanol–water partition coefficient (Wildman–Crippen LogP) is 3.44. The first-order valence-electron chi connectivity index (χ1n) is 8.05. The summed E-state index contributed by atoms with van der Waals surface area (Å²) in [4.78, 5) is 0.224. The number of rotatable bonds is 3. The quantitative estimate of drug-likeness (QED) is 0.625. The number of nitrogens with zero attached hydrogens (tertiary/aromatic N) is 1. The lowest BCUT2D eigenvalue weighted by atomic mass is 9.68. The van der Waals surface area contributed by atoms with Crippen molar-refractivity contribution in [2.24, 2.45) is 0 Å². The van der Waals surface area contributed by atoms with Crippen LogP contribution in [0.1, 0.15) is 17.0 Å². The molecule has 0 amide bonds. The van der Waals surface area contributed by atoms with Crippen LogP contribution in [0.15, 0.2) is 65.6 Å². The molecule has 6 heteroatoms. The standard InChI is InChI=1S/C19H19BFNO2S/c1-13-7-9-15(10-8-13)25(23,24)22-11-14(2)19(17(20)12-22)16-5-3-4-6-18(16)21/h3-10,17,19H,2,11-12H2,1H3/t17-,19+/m0/s1. The molecule has 0 aliphatic carbocycles. The average molecular weight is 355 g/mol. The lowest BCUT2D eigenvalue weighted by molar-refractivity contribution is 0.373. The molecule has 1 fully saturated rings. The molecule has 0 bridgehead atoms. The molecule has 3 nitrogen and oxygen atoms in total. The topological polar surface area (TPSA) is 37.4 Å². The zero-order valence-corrected chi connectivity index (χ0v) is 14.8. The van der Waals surface area contributed by atoms with Crippen molar-refractivity contribution < 1.29 is 12.8 Å². The molecular weight excluding hydrogens is 336 g/mol. The van der Waals surface area contributed by atoms with Crippen LogP contribution < -0.4 is 0 Å². The van der Waals surface area contributed by atoms with Crippen LogP contribution in [0.2, 0.25) is 5.82 Å². The molecule has 0 N–H and O–H groups in total. The molecular formula is C19H19BFNO2S. The highest BCUT2D eigenvalue weighted by Crippen LogP contribution is 2.40. The van der Waals surface area contributed by atoms with Crippen LogP contribution in [0, 0.1) is 12.7 Å². The lowest BCUT2D eigenvalue weighted by Crippen LogP contribution is -2.42. The predicted molar refractivity (Wildman–Crippen MR) is 97.7 cm³/mol. The summed E-state index contributed by atoms with van der Waals surface area (Å²) in [5.74, 6) is -1.30. The van der Waals surface area contributed by atoms with E-state index in [1.807, 2.05) is 6.92 Å². The minimum absolute atomic E-state index is 0.119. The van der Waals surface area contributed by atoms with Gasteiger partial charge in [-0.1, -0.05) is 53.9 Å². The van der Waals surface area contributed by atoms with Crippen LogP contribution >= 0.6 is 0 Å². The van der Waals surface area contributed by atoms with E-state index in [-0.39, 0.29) is 23.8 Å². The molecule has 0 spiro atoms. The summed E-state index contributed by atoms with van der Waals surface area (Å²) in [5, 5.41) is 0. The molecule has 2 radical (unpaired) electrons. The van der Waals surface area contributed by atoms with Gasteiger partial charge in [0.15, 0.2) is 0 Å². The van der Waals surface area contributed by atoms with E-state index in [0.29, 0.717) is 11.1 Å². The van der Waals surface area contributed by atoms with E-state index in [0.717, 1.165) is 5.56 Å². The summed E-state index contributed by atoms with van der Waals surface area (Å²) < 4.78 is 41.2. The largest absolute Gasteiger partial charge is 0.243 e. The van der Waals surface area contributed by atoms with Gasteiger partial charge >= 0.3 is 0 Å². The van der Waals surface area contributed by atoms with Crippen LogP contribution in [0.5, 0.6) is 0 Å². The first kappa shape index (κ1) is 17.9. The Morgan fingerprint density at radius 3 is 2.40 bits per heavy atom. The Labute approximate surface area is 149 Å². The zero-order valence-electron chi connectivity index (χ0n) is 14.0. The summed E-state index contributed by atoms with van der Waals surface area (Å²) in [5.41, 5.74) is 2.05. The van der Waals surface area contributed by atoms with Gasteiger partial charge < -0.3 is 0 Å². The molecule has 25 heavy (non-hydrogen) atoms. The van der Waals surface area contributed by atoms with E-state index in [2.05, 4.69) is 6.58 Å². The fourth-order valence-corrected chi connectivity index (χ4v) is 4.74. The van der Waals surface area contributed by atoms with Crippen LogP contribution in [0.25, 0.3) is 0 Å². The Bertz CT molecular complexity index is 896. The minimum atomic E-state index is -3.66. The molecule has 1 aliphatic heterocycles. The fourth-order valence-electron chi connectivity index (χ4n) is 3.25. The van der Waals surface area contributed by atoms with Crippen molar-refractivity contribution in [2.45, 2.75) is 23.6 Å². The summed E-state index contributed by atoms with van der Waals surface area (Å²) in [6.07, 6.45) is 0. The second kappa shape index (κ2) is 6.77. The summed E-state index contributed by atoms with van der Waals surface area (Å²) >= 11 is 0. The molecule has 1 aliphatic rings. The van der Waals surface area contributed by atoms with Crippen LogP contribution in [0.3, 0.4) is 0 Å². The number of piperidine rings is 1. The van der Waals surface area contributed by atoms with Gasteiger partial charge in [0.25, 0.3) is 0 Å². The number of hydrogen-bond acceptors (Lipinski definition) is 2. The maximum Gasteiger partial charge on any atom is 0.243 e. The highest BCUT2D eigenvalue weighted by atomic mass is 32.2. The van der Waals surface area contributed by atoms with Gasteiger partial charge in [0.2, 0.25) is 10.0 Å². The van der Waals surface area contributed by atoms with E-state index >= 15 is 0 Å². The van der Waals surface area contributed by atoms with Crippen LogP contribution in [-0.2, 0) is 10.0 Å². The maximum atomic E-state index is 14.1. The average Bonchev–Trinajstić information content (AvgIpc) is 2.56. The van der Waals surface area contributed by atoms with E-state index < -0.39 is 21.8 Å². The van der Waals surface area contributed by atoms with Gasteiger partial charge in [0.05, 0.1) is 12.7 Å². The number of benzene rings is 2. The van der Waals surface area contributed by atoms with Crippen molar-refractivity contribution in [1.29, 1.82) is 0 Å². The van der Waals surface area contributed by atoms with Crippen molar-refractivity contribution in [3.05, 3.63) is 77.6 Å². The Morgan fingerprint density at radius 2 is 1.80 bits per heavy atom. The summed E-state index contributed by atoms with van der Waals surface area (Å²) in [6.45, 7) is 6.13. The highest BCUT2D eigenvalue weighted by molar-refractivity contribution is 7.89. The van der Waals surface area contributed by atoms with Crippen molar-refractivity contribution in [2.75, 3.05) is 13.1 Å². The second-order valence-electron chi connectivity index (χ2n) is 6.43. The Hall–Kier alpha value is -1.92. The minimum Gasteiger partial charge on any atom is -0.207 e. The maximum absolute atomic E-state index is 14.1. The summed E-state index contributed by atoms with van der Waals surface area (Å²) in [6, 6.07) is 13.1. The SMILES string of the molecule is [B][C@H]1CN(S(=O)(=O)c2ccc(C)cc2)CC(=C)[C@@H]1c1ccccc1F. The molecule has 1 heterocycles. The van der Waals surface area contributed by atoms with E-state index in [9.17, 15) is 12.8 Å². The molecule has 128 valence electrons. The van der Waals surface area contributed by atoms with Crippen molar-refractivity contribution in [3.8, 4) is 0 Å².